The van der Waals surface area contributed by atoms with Gasteiger partial charge in [-0.3, -0.25) is 4.90 Å². The van der Waals surface area contributed by atoms with Crippen LogP contribution in [0, 0.1) is 0 Å². The highest BCUT2D eigenvalue weighted by atomic mass is 32.2. The number of hydrogen-bond acceptors (Lipinski definition) is 4. The Morgan fingerprint density at radius 3 is 2.26 bits per heavy atom. The van der Waals surface area contributed by atoms with E-state index in [1.807, 2.05) is 6.92 Å². The first kappa shape index (κ1) is 16.9. The van der Waals surface area contributed by atoms with E-state index in [-0.39, 0.29) is 0 Å². The van der Waals surface area contributed by atoms with Crippen LogP contribution in [0.5, 0.6) is 0 Å². The predicted molar refractivity (Wildman–Crippen MR) is 79.6 cm³/mol. The normalized spacial score (nSPS) is 20.6. The Labute approximate surface area is 118 Å². The Kier molecular flexibility index (Phi) is 7.28. The van der Waals surface area contributed by atoms with Crippen LogP contribution >= 0.6 is 0 Å². The summed E-state index contributed by atoms with van der Waals surface area (Å²) in [7, 11) is -3.03. The van der Waals surface area contributed by atoms with Gasteiger partial charge in [-0.05, 0) is 25.8 Å². The molecule has 1 rings (SSSR count). The van der Waals surface area contributed by atoms with Gasteiger partial charge in [-0.15, -0.1) is 0 Å². The highest BCUT2D eigenvalue weighted by Gasteiger charge is 2.28. The van der Waals surface area contributed by atoms with E-state index >= 15 is 0 Å². The van der Waals surface area contributed by atoms with Crippen molar-refractivity contribution in [2.45, 2.75) is 45.6 Å². The summed E-state index contributed by atoms with van der Waals surface area (Å²) in [4.78, 5) is 2.39. The molecule has 1 fully saturated rings. The standard InChI is InChI=1S/C13H29N3O2S/c1-3-5-12-19(17,18)16-10-8-15(9-11-16)13(4-2)6-7-14/h13H,3-12,14H2,1-2H3. The summed E-state index contributed by atoms with van der Waals surface area (Å²) in [5.74, 6) is 0.295. The van der Waals surface area contributed by atoms with E-state index in [1.165, 1.54) is 0 Å². The SMILES string of the molecule is CCCCS(=O)(=O)N1CCN(C(CC)CCN)CC1. The van der Waals surface area contributed by atoms with Gasteiger partial charge in [-0.1, -0.05) is 20.3 Å². The molecule has 0 spiro atoms. The van der Waals surface area contributed by atoms with Crippen molar-refractivity contribution in [2.24, 2.45) is 5.73 Å². The maximum Gasteiger partial charge on any atom is 0.214 e. The molecule has 0 aliphatic carbocycles. The Morgan fingerprint density at radius 1 is 1.16 bits per heavy atom. The quantitative estimate of drug-likeness (QED) is 0.720. The molecule has 0 radical (unpaired) electrons. The van der Waals surface area contributed by atoms with Crippen LogP contribution in [0.4, 0.5) is 0 Å². The summed E-state index contributed by atoms with van der Waals surface area (Å²) >= 11 is 0. The second kappa shape index (κ2) is 8.19. The molecule has 19 heavy (non-hydrogen) atoms. The van der Waals surface area contributed by atoms with Gasteiger partial charge in [0.15, 0.2) is 0 Å². The summed E-state index contributed by atoms with van der Waals surface area (Å²) in [6, 6.07) is 0.505. The minimum absolute atomic E-state index is 0.295. The Morgan fingerprint density at radius 2 is 1.79 bits per heavy atom. The summed E-state index contributed by atoms with van der Waals surface area (Å²) in [5, 5.41) is 0. The summed E-state index contributed by atoms with van der Waals surface area (Å²) < 4.78 is 25.9. The summed E-state index contributed by atoms with van der Waals surface area (Å²) in [5.41, 5.74) is 5.63. The molecule has 0 aromatic heterocycles. The van der Waals surface area contributed by atoms with Gasteiger partial charge in [0, 0.05) is 32.2 Å². The fourth-order valence-electron chi connectivity index (χ4n) is 2.64. The number of nitrogens with zero attached hydrogens (tertiary/aromatic N) is 2. The van der Waals surface area contributed by atoms with Gasteiger partial charge in [-0.25, -0.2) is 8.42 Å². The molecule has 2 N–H and O–H groups in total. The lowest BCUT2D eigenvalue weighted by molar-refractivity contribution is 0.129. The molecule has 0 aromatic rings. The van der Waals surface area contributed by atoms with Gasteiger partial charge in [0.1, 0.15) is 0 Å². The zero-order valence-corrected chi connectivity index (χ0v) is 13.2. The van der Waals surface area contributed by atoms with Crippen molar-refractivity contribution in [2.75, 3.05) is 38.5 Å². The van der Waals surface area contributed by atoms with Crippen LogP contribution < -0.4 is 5.73 Å². The van der Waals surface area contributed by atoms with Crippen LogP contribution in [0.2, 0.25) is 0 Å². The van der Waals surface area contributed by atoms with Crippen LogP contribution in [-0.2, 0) is 10.0 Å². The second-order valence-corrected chi connectivity index (χ2v) is 7.33. The summed E-state index contributed by atoms with van der Waals surface area (Å²) in [6.07, 6.45) is 3.76. The first-order valence-electron chi connectivity index (χ1n) is 7.47. The van der Waals surface area contributed by atoms with Gasteiger partial charge in [0.05, 0.1) is 5.75 Å². The highest BCUT2D eigenvalue weighted by Crippen LogP contribution is 2.15. The molecule has 1 heterocycles. The first-order valence-corrected chi connectivity index (χ1v) is 9.08. The lowest BCUT2D eigenvalue weighted by Crippen LogP contribution is -2.52. The molecule has 0 saturated carbocycles. The third-order valence-corrected chi connectivity index (χ3v) is 5.87. The molecule has 1 aliphatic rings. The average Bonchev–Trinajstić information content (AvgIpc) is 2.43. The Bertz CT molecular complexity index is 338. The van der Waals surface area contributed by atoms with Crippen LogP contribution in [0.15, 0.2) is 0 Å². The lowest BCUT2D eigenvalue weighted by Gasteiger charge is -2.38. The highest BCUT2D eigenvalue weighted by molar-refractivity contribution is 7.89. The van der Waals surface area contributed by atoms with E-state index in [0.29, 0.717) is 31.4 Å². The van der Waals surface area contributed by atoms with Crippen molar-refractivity contribution in [3.8, 4) is 0 Å². The van der Waals surface area contributed by atoms with Gasteiger partial charge in [-0.2, -0.15) is 4.31 Å². The van der Waals surface area contributed by atoms with E-state index in [0.717, 1.165) is 38.8 Å². The van der Waals surface area contributed by atoms with E-state index in [9.17, 15) is 8.42 Å². The molecule has 0 aromatic carbocycles. The molecule has 5 nitrogen and oxygen atoms in total. The largest absolute Gasteiger partial charge is 0.330 e. The lowest BCUT2D eigenvalue weighted by atomic mass is 10.1. The molecule has 1 unspecified atom stereocenters. The number of hydrogen-bond donors (Lipinski definition) is 1. The first-order chi connectivity index (χ1) is 9.05. The Hall–Kier alpha value is -0.170. The fraction of sp³-hybridized carbons (Fsp3) is 1.00. The van der Waals surface area contributed by atoms with E-state index in [1.54, 1.807) is 4.31 Å². The molecule has 1 atom stereocenters. The van der Waals surface area contributed by atoms with E-state index in [4.69, 9.17) is 5.73 Å². The number of nitrogens with two attached hydrogens (primary N) is 1. The summed E-state index contributed by atoms with van der Waals surface area (Å²) in [6.45, 7) is 7.83. The minimum Gasteiger partial charge on any atom is -0.330 e. The van der Waals surface area contributed by atoms with Gasteiger partial charge in [0.2, 0.25) is 10.0 Å². The number of unbranched alkanes of at least 4 members (excludes halogenated alkanes) is 1. The van der Waals surface area contributed by atoms with Crippen molar-refractivity contribution in [1.82, 2.24) is 9.21 Å². The molecule has 0 amide bonds. The third-order valence-electron chi connectivity index (χ3n) is 3.91. The van der Waals surface area contributed by atoms with E-state index in [2.05, 4.69) is 11.8 Å². The van der Waals surface area contributed by atoms with Crippen molar-refractivity contribution < 1.29 is 8.42 Å². The molecule has 0 bridgehead atoms. The maximum atomic E-state index is 12.1. The van der Waals surface area contributed by atoms with E-state index < -0.39 is 10.0 Å². The minimum atomic E-state index is -3.03. The zero-order chi connectivity index (χ0) is 14.3. The van der Waals surface area contributed by atoms with Crippen LogP contribution in [0.1, 0.15) is 39.5 Å². The Balaban J connectivity index is 2.48. The van der Waals surface area contributed by atoms with Crippen molar-refractivity contribution in [3.63, 3.8) is 0 Å². The molecule has 6 heteroatoms. The van der Waals surface area contributed by atoms with Crippen molar-refractivity contribution in [3.05, 3.63) is 0 Å². The van der Waals surface area contributed by atoms with Gasteiger partial charge >= 0.3 is 0 Å². The third kappa shape index (κ3) is 5.02. The number of piperazine rings is 1. The van der Waals surface area contributed by atoms with Gasteiger partial charge < -0.3 is 5.73 Å². The number of sulfonamides is 1. The van der Waals surface area contributed by atoms with Crippen molar-refractivity contribution >= 4 is 10.0 Å². The fourth-order valence-corrected chi connectivity index (χ4v) is 4.27. The molecule has 1 aliphatic heterocycles. The maximum absolute atomic E-state index is 12.1. The second-order valence-electron chi connectivity index (χ2n) is 5.24. The van der Waals surface area contributed by atoms with Crippen LogP contribution in [0.25, 0.3) is 0 Å². The monoisotopic (exact) mass is 291 g/mol. The molecule has 114 valence electrons. The smallest absolute Gasteiger partial charge is 0.214 e. The molecular weight excluding hydrogens is 262 g/mol. The zero-order valence-electron chi connectivity index (χ0n) is 12.3. The molecule has 1 saturated heterocycles. The van der Waals surface area contributed by atoms with Crippen LogP contribution in [0.3, 0.4) is 0 Å². The average molecular weight is 291 g/mol. The molecular formula is C13H29N3O2S. The van der Waals surface area contributed by atoms with Crippen LogP contribution in [-0.4, -0.2) is 62.1 Å². The van der Waals surface area contributed by atoms with Crippen molar-refractivity contribution in [1.29, 1.82) is 0 Å². The number of rotatable bonds is 8. The predicted octanol–water partition coefficient (Wildman–Crippen LogP) is 0.861. The van der Waals surface area contributed by atoms with Gasteiger partial charge in [0.25, 0.3) is 0 Å². The topological polar surface area (TPSA) is 66.6 Å².